The maximum Gasteiger partial charge on any atom is 0.225 e. The van der Waals surface area contributed by atoms with Gasteiger partial charge in [0, 0.05) is 18.0 Å². The van der Waals surface area contributed by atoms with Crippen LogP contribution in [0.1, 0.15) is 12.5 Å². The van der Waals surface area contributed by atoms with Crippen LogP contribution in [0.15, 0.2) is 66.7 Å². The summed E-state index contributed by atoms with van der Waals surface area (Å²) in [6.07, 6.45) is 0. The van der Waals surface area contributed by atoms with Crippen molar-refractivity contribution in [1.29, 1.82) is 0 Å². The Kier molecular flexibility index (Phi) is 4.87. The standard InChI is InChI=1S/C21H18ClN3S/c1-2-25(14-15-9-5-3-6-10-15)19-17-13-18(16-11-7-4-8-12-16)26-20(17)24-21(22)23-19/h3-13H,2,14H2,1H3. The summed E-state index contributed by atoms with van der Waals surface area (Å²) in [7, 11) is 0. The van der Waals surface area contributed by atoms with Crippen LogP contribution in [0.4, 0.5) is 5.82 Å². The molecule has 26 heavy (non-hydrogen) atoms. The van der Waals surface area contributed by atoms with Crippen molar-refractivity contribution in [2.24, 2.45) is 0 Å². The summed E-state index contributed by atoms with van der Waals surface area (Å²) in [4.78, 5) is 13.4. The smallest absolute Gasteiger partial charge is 0.225 e. The molecule has 0 spiro atoms. The van der Waals surface area contributed by atoms with Crippen LogP contribution < -0.4 is 4.90 Å². The Bertz CT molecular complexity index is 1020. The van der Waals surface area contributed by atoms with E-state index in [4.69, 9.17) is 11.6 Å². The Morgan fingerprint density at radius 2 is 1.65 bits per heavy atom. The van der Waals surface area contributed by atoms with Gasteiger partial charge in [-0.3, -0.25) is 0 Å². The number of benzene rings is 2. The first kappa shape index (κ1) is 17.0. The number of aromatic nitrogens is 2. The lowest BCUT2D eigenvalue weighted by Crippen LogP contribution is -2.23. The molecule has 5 heteroatoms. The van der Waals surface area contributed by atoms with Gasteiger partial charge in [0.1, 0.15) is 10.6 Å². The minimum atomic E-state index is 0.292. The Labute approximate surface area is 161 Å². The van der Waals surface area contributed by atoms with E-state index in [-0.39, 0.29) is 0 Å². The molecule has 0 unspecified atom stereocenters. The van der Waals surface area contributed by atoms with Crippen LogP contribution in [-0.2, 0) is 6.54 Å². The van der Waals surface area contributed by atoms with Crippen molar-refractivity contribution in [3.05, 3.63) is 77.6 Å². The molecule has 0 aliphatic carbocycles. The van der Waals surface area contributed by atoms with Crippen LogP contribution in [0.5, 0.6) is 0 Å². The Morgan fingerprint density at radius 1 is 0.962 bits per heavy atom. The fraction of sp³-hybridized carbons (Fsp3) is 0.143. The van der Waals surface area contributed by atoms with E-state index in [0.29, 0.717) is 5.28 Å². The highest BCUT2D eigenvalue weighted by molar-refractivity contribution is 7.22. The van der Waals surface area contributed by atoms with Crippen molar-refractivity contribution in [2.45, 2.75) is 13.5 Å². The number of halogens is 1. The van der Waals surface area contributed by atoms with Crippen LogP contribution in [0.25, 0.3) is 20.7 Å². The first-order valence-electron chi connectivity index (χ1n) is 8.56. The van der Waals surface area contributed by atoms with Crippen LogP contribution >= 0.6 is 22.9 Å². The predicted octanol–water partition coefficient (Wildman–Crippen LogP) is 6.04. The molecule has 0 bridgehead atoms. The molecule has 2 aromatic heterocycles. The lowest BCUT2D eigenvalue weighted by Gasteiger charge is -2.22. The molecular weight excluding hydrogens is 362 g/mol. The molecule has 3 nitrogen and oxygen atoms in total. The third-order valence-electron chi connectivity index (χ3n) is 4.30. The number of rotatable bonds is 5. The molecule has 2 aromatic carbocycles. The van der Waals surface area contributed by atoms with E-state index in [1.807, 2.05) is 24.3 Å². The van der Waals surface area contributed by atoms with E-state index in [0.717, 1.165) is 29.1 Å². The third-order valence-corrected chi connectivity index (χ3v) is 5.55. The van der Waals surface area contributed by atoms with Gasteiger partial charge in [0.2, 0.25) is 5.28 Å². The quantitative estimate of drug-likeness (QED) is 0.396. The SMILES string of the molecule is CCN(Cc1ccccc1)c1nc(Cl)nc2sc(-c3ccccc3)cc12. The molecule has 0 saturated heterocycles. The highest BCUT2D eigenvalue weighted by Crippen LogP contribution is 2.37. The average molecular weight is 380 g/mol. The molecule has 0 atom stereocenters. The fourth-order valence-corrected chi connectivity index (χ4v) is 4.25. The van der Waals surface area contributed by atoms with E-state index in [9.17, 15) is 0 Å². The number of nitrogens with zero attached hydrogens (tertiary/aromatic N) is 3. The van der Waals surface area contributed by atoms with Crippen LogP contribution in [0.2, 0.25) is 5.28 Å². The third kappa shape index (κ3) is 3.43. The summed E-state index contributed by atoms with van der Waals surface area (Å²) in [5.74, 6) is 0.893. The molecule has 0 aliphatic rings. The van der Waals surface area contributed by atoms with Gasteiger partial charge in [-0.05, 0) is 35.7 Å². The number of hydrogen-bond donors (Lipinski definition) is 0. The Morgan fingerprint density at radius 3 is 2.35 bits per heavy atom. The molecule has 0 aliphatic heterocycles. The second-order valence-corrected chi connectivity index (χ2v) is 7.38. The number of anilines is 1. The zero-order valence-electron chi connectivity index (χ0n) is 14.4. The van der Waals surface area contributed by atoms with E-state index in [2.05, 4.69) is 64.3 Å². The van der Waals surface area contributed by atoms with E-state index in [1.165, 1.54) is 16.0 Å². The summed E-state index contributed by atoms with van der Waals surface area (Å²) in [5.41, 5.74) is 2.43. The second-order valence-electron chi connectivity index (χ2n) is 6.01. The van der Waals surface area contributed by atoms with Crippen molar-refractivity contribution in [1.82, 2.24) is 9.97 Å². The van der Waals surface area contributed by atoms with E-state index < -0.39 is 0 Å². The van der Waals surface area contributed by atoms with Gasteiger partial charge in [0.15, 0.2) is 0 Å². The summed E-state index contributed by atoms with van der Waals surface area (Å²) >= 11 is 7.89. The van der Waals surface area contributed by atoms with Crippen LogP contribution in [0, 0.1) is 0 Å². The van der Waals surface area contributed by atoms with Gasteiger partial charge >= 0.3 is 0 Å². The highest BCUT2D eigenvalue weighted by Gasteiger charge is 2.16. The van der Waals surface area contributed by atoms with E-state index >= 15 is 0 Å². The largest absolute Gasteiger partial charge is 0.352 e. The van der Waals surface area contributed by atoms with Gasteiger partial charge in [-0.1, -0.05) is 60.7 Å². The maximum atomic E-state index is 6.24. The molecule has 130 valence electrons. The fourth-order valence-electron chi connectivity index (χ4n) is 3.01. The van der Waals surface area contributed by atoms with Gasteiger partial charge in [-0.2, -0.15) is 4.98 Å². The molecule has 4 aromatic rings. The maximum absolute atomic E-state index is 6.24. The molecule has 0 fully saturated rings. The molecule has 0 amide bonds. The van der Waals surface area contributed by atoms with Crippen molar-refractivity contribution < 1.29 is 0 Å². The number of hydrogen-bond acceptors (Lipinski definition) is 4. The lowest BCUT2D eigenvalue weighted by molar-refractivity contribution is 0.817. The summed E-state index contributed by atoms with van der Waals surface area (Å²) < 4.78 is 0. The van der Waals surface area contributed by atoms with E-state index in [1.54, 1.807) is 11.3 Å². The van der Waals surface area contributed by atoms with Crippen LogP contribution in [-0.4, -0.2) is 16.5 Å². The zero-order valence-corrected chi connectivity index (χ0v) is 16.0. The summed E-state index contributed by atoms with van der Waals surface area (Å²) in [5, 5.41) is 1.34. The molecule has 2 heterocycles. The van der Waals surface area contributed by atoms with Crippen molar-refractivity contribution in [3.63, 3.8) is 0 Å². The first-order chi connectivity index (χ1) is 12.7. The number of thiophene rings is 1. The summed E-state index contributed by atoms with van der Waals surface area (Å²) in [6.45, 7) is 3.76. The van der Waals surface area contributed by atoms with Crippen LogP contribution in [0.3, 0.4) is 0 Å². The molecule has 0 radical (unpaired) electrons. The molecule has 0 N–H and O–H groups in total. The molecule has 4 rings (SSSR count). The monoisotopic (exact) mass is 379 g/mol. The lowest BCUT2D eigenvalue weighted by atomic mass is 10.1. The first-order valence-corrected chi connectivity index (χ1v) is 9.75. The summed E-state index contributed by atoms with van der Waals surface area (Å²) in [6, 6.07) is 22.9. The molecule has 0 saturated carbocycles. The van der Waals surface area contributed by atoms with Crippen molar-refractivity contribution >= 4 is 39.0 Å². The van der Waals surface area contributed by atoms with Crippen molar-refractivity contribution in [3.8, 4) is 10.4 Å². The number of fused-ring (bicyclic) bond motifs is 1. The van der Waals surface area contributed by atoms with Gasteiger partial charge in [0.25, 0.3) is 0 Å². The van der Waals surface area contributed by atoms with Crippen molar-refractivity contribution in [2.75, 3.05) is 11.4 Å². The second kappa shape index (κ2) is 7.44. The minimum Gasteiger partial charge on any atom is -0.352 e. The van der Waals surface area contributed by atoms with Gasteiger partial charge in [0.05, 0.1) is 5.39 Å². The topological polar surface area (TPSA) is 29.0 Å². The predicted molar refractivity (Wildman–Crippen MR) is 111 cm³/mol. The Balaban J connectivity index is 1.79. The zero-order chi connectivity index (χ0) is 17.9. The minimum absolute atomic E-state index is 0.292. The van der Waals surface area contributed by atoms with Gasteiger partial charge in [-0.25, -0.2) is 4.98 Å². The van der Waals surface area contributed by atoms with Gasteiger partial charge in [-0.15, -0.1) is 11.3 Å². The van der Waals surface area contributed by atoms with Gasteiger partial charge < -0.3 is 4.90 Å². The normalized spacial score (nSPS) is 11.0. The Hall–Kier alpha value is -2.43. The average Bonchev–Trinajstić information content (AvgIpc) is 3.11. The molecular formula is C21H18ClN3S. The highest BCUT2D eigenvalue weighted by atomic mass is 35.5.